The summed E-state index contributed by atoms with van der Waals surface area (Å²) in [5.74, 6) is 0.122. The number of nitrogens with zero attached hydrogens (tertiary/aromatic N) is 5. The van der Waals surface area contributed by atoms with Crippen LogP contribution in [0.5, 0.6) is 0 Å². The highest BCUT2D eigenvalue weighted by atomic mass is 32.2. The SMILES string of the molecule is O=C(CSc1nnc(-c2cccc(S(=O)(=O)N3CCCC3)c2)n1-c1ccccc1)c1cccc([N+](=O)[O-])c1. The molecule has 1 aliphatic rings. The predicted octanol–water partition coefficient (Wildman–Crippen LogP) is 4.60. The highest BCUT2D eigenvalue weighted by Crippen LogP contribution is 2.31. The second kappa shape index (κ2) is 10.9. The monoisotopic (exact) mass is 549 g/mol. The number of aromatic nitrogens is 3. The fourth-order valence-electron chi connectivity index (χ4n) is 4.24. The molecule has 0 aliphatic carbocycles. The van der Waals surface area contributed by atoms with E-state index in [1.165, 1.54) is 28.6 Å². The molecule has 1 fully saturated rings. The Bertz CT molecular complexity index is 1600. The Balaban J connectivity index is 1.48. The van der Waals surface area contributed by atoms with Crippen LogP contribution in [0.1, 0.15) is 23.2 Å². The normalized spacial score (nSPS) is 14.0. The van der Waals surface area contributed by atoms with Crippen molar-refractivity contribution in [3.63, 3.8) is 0 Å². The van der Waals surface area contributed by atoms with Gasteiger partial charge in [0.15, 0.2) is 16.8 Å². The van der Waals surface area contributed by atoms with E-state index in [4.69, 9.17) is 0 Å². The Morgan fingerprint density at radius 1 is 0.947 bits per heavy atom. The number of benzene rings is 3. The number of thioether (sulfide) groups is 1. The van der Waals surface area contributed by atoms with Crippen LogP contribution in [0.3, 0.4) is 0 Å². The average molecular weight is 550 g/mol. The van der Waals surface area contributed by atoms with Gasteiger partial charge in [0.25, 0.3) is 5.69 Å². The molecule has 0 bridgehead atoms. The molecular formula is C26H23N5O5S2. The van der Waals surface area contributed by atoms with Gasteiger partial charge in [-0.2, -0.15) is 4.31 Å². The van der Waals surface area contributed by atoms with Gasteiger partial charge < -0.3 is 0 Å². The second-order valence-electron chi connectivity index (χ2n) is 8.64. The van der Waals surface area contributed by atoms with Crippen molar-refractivity contribution >= 4 is 33.3 Å². The molecule has 1 saturated heterocycles. The Hall–Kier alpha value is -3.87. The van der Waals surface area contributed by atoms with Crippen LogP contribution < -0.4 is 0 Å². The summed E-state index contributed by atoms with van der Waals surface area (Å²) < 4.78 is 29.6. The first-order valence-corrected chi connectivity index (χ1v) is 14.3. The number of hydrogen-bond donors (Lipinski definition) is 0. The molecule has 5 rings (SSSR count). The Morgan fingerprint density at radius 3 is 2.42 bits per heavy atom. The lowest BCUT2D eigenvalue weighted by Crippen LogP contribution is -2.27. The molecule has 0 N–H and O–H groups in total. The topological polar surface area (TPSA) is 128 Å². The van der Waals surface area contributed by atoms with E-state index in [0.717, 1.165) is 30.3 Å². The molecule has 10 nitrogen and oxygen atoms in total. The second-order valence-corrected chi connectivity index (χ2v) is 11.5. The summed E-state index contributed by atoms with van der Waals surface area (Å²) >= 11 is 1.15. The van der Waals surface area contributed by atoms with Gasteiger partial charge in [-0.1, -0.05) is 54.2 Å². The van der Waals surface area contributed by atoms with Gasteiger partial charge in [-0.05, 0) is 37.1 Å². The maximum Gasteiger partial charge on any atom is 0.270 e. The van der Waals surface area contributed by atoms with E-state index >= 15 is 0 Å². The number of carbonyl (C=O) groups is 1. The minimum Gasteiger partial charge on any atom is -0.293 e. The zero-order valence-electron chi connectivity index (χ0n) is 20.1. The van der Waals surface area contributed by atoms with E-state index in [1.54, 1.807) is 28.8 Å². The van der Waals surface area contributed by atoms with E-state index < -0.39 is 14.9 Å². The standard InChI is InChI=1S/C26H23N5O5S2/c32-24(19-8-6-12-22(16-19)31(33)34)18-37-26-28-27-25(30(26)21-10-2-1-3-11-21)20-9-7-13-23(17-20)38(35,36)29-14-4-5-15-29/h1-3,6-13,16-17H,4-5,14-15,18H2. The van der Waals surface area contributed by atoms with Crippen LogP contribution in [0, 0.1) is 10.1 Å². The fourth-order valence-corrected chi connectivity index (χ4v) is 6.65. The summed E-state index contributed by atoms with van der Waals surface area (Å²) in [7, 11) is -3.62. The van der Waals surface area contributed by atoms with E-state index in [1.807, 2.05) is 30.3 Å². The van der Waals surface area contributed by atoms with Crippen molar-refractivity contribution in [2.24, 2.45) is 0 Å². The van der Waals surface area contributed by atoms with Crippen molar-refractivity contribution in [1.29, 1.82) is 0 Å². The lowest BCUT2D eigenvalue weighted by atomic mass is 10.1. The van der Waals surface area contributed by atoms with Crippen LogP contribution in [-0.2, 0) is 10.0 Å². The minimum atomic E-state index is -3.62. The van der Waals surface area contributed by atoms with Gasteiger partial charge in [-0.15, -0.1) is 10.2 Å². The van der Waals surface area contributed by atoms with Gasteiger partial charge in [0.05, 0.1) is 15.6 Å². The van der Waals surface area contributed by atoms with Crippen LogP contribution in [0.25, 0.3) is 17.1 Å². The molecule has 38 heavy (non-hydrogen) atoms. The Morgan fingerprint density at radius 2 is 1.68 bits per heavy atom. The minimum absolute atomic E-state index is 0.0183. The highest BCUT2D eigenvalue weighted by molar-refractivity contribution is 7.99. The number of nitro groups is 1. The molecule has 12 heteroatoms. The molecule has 3 aromatic carbocycles. The lowest BCUT2D eigenvalue weighted by Gasteiger charge is -2.16. The smallest absolute Gasteiger partial charge is 0.270 e. The third-order valence-electron chi connectivity index (χ3n) is 6.15. The first kappa shape index (κ1) is 25.8. The van der Waals surface area contributed by atoms with Crippen LogP contribution in [0.2, 0.25) is 0 Å². The van der Waals surface area contributed by atoms with Gasteiger partial charge in [0.1, 0.15) is 0 Å². The van der Waals surface area contributed by atoms with Crippen molar-refractivity contribution in [3.8, 4) is 17.1 Å². The Labute approximate surface area is 223 Å². The fraction of sp³-hybridized carbons (Fsp3) is 0.192. The van der Waals surface area contributed by atoms with E-state index in [2.05, 4.69) is 10.2 Å². The van der Waals surface area contributed by atoms with Gasteiger partial charge in [0, 0.05) is 42.0 Å². The molecule has 1 aliphatic heterocycles. The third-order valence-corrected chi connectivity index (χ3v) is 8.98. The maximum atomic E-state index is 13.2. The zero-order chi connectivity index (χ0) is 26.7. The number of para-hydroxylation sites is 1. The predicted molar refractivity (Wildman–Crippen MR) is 143 cm³/mol. The number of ketones is 1. The molecule has 1 aromatic heterocycles. The average Bonchev–Trinajstić information content (AvgIpc) is 3.63. The molecule has 194 valence electrons. The molecule has 0 spiro atoms. The third kappa shape index (κ3) is 5.23. The van der Waals surface area contributed by atoms with Gasteiger partial charge in [-0.3, -0.25) is 19.5 Å². The van der Waals surface area contributed by atoms with Gasteiger partial charge >= 0.3 is 0 Å². The van der Waals surface area contributed by atoms with E-state index in [0.29, 0.717) is 29.6 Å². The number of sulfonamides is 1. The van der Waals surface area contributed by atoms with E-state index in [9.17, 15) is 23.3 Å². The summed E-state index contributed by atoms with van der Waals surface area (Å²) in [5, 5.41) is 20.2. The van der Waals surface area contributed by atoms with E-state index in [-0.39, 0.29) is 27.7 Å². The molecular weight excluding hydrogens is 526 g/mol. The quantitative estimate of drug-likeness (QED) is 0.128. The zero-order valence-corrected chi connectivity index (χ0v) is 21.8. The molecule has 4 aromatic rings. The van der Waals surface area contributed by atoms with Crippen molar-refractivity contribution in [1.82, 2.24) is 19.1 Å². The van der Waals surface area contributed by atoms with Crippen molar-refractivity contribution in [3.05, 3.63) is 94.5 Å². The van der Waals surface area contributed by atoms with Crippen molar-refractivity contribution in [2.75, 3.05) is 18.8 Å². The number of hydrogen-bond acceptors (Lipinski definition) is 8. The molecule has 0 saturated carbocycles. The molecule has 0 radical (unpaired) electrons. The van der Waals surface area contributed by atoms with Gasteiger partial charge in [0.2, 0.25) is 10.0 Å². The number of nitro benzene ring substituents is 1. The summed E-state index contributed by atoms with van der Waals surface area (Å²) in [6.45, 7) is 1.01. The van der Waals surface area contributed by atoms with Crippen molar-refractivity contribution < 1.29 is 18.1 Å². The first-order chi connectivity index (χ1) is 18.3. The summed E-state index contributed by atoms with van der Waals surface area (Å²) in [5.41, 5.74) is 1.39. The highest BCUT2D eigenvalue weighted by Gasteiger charge is 2.28. The molecule has 0 amide bonds. The van der Waals surface area contributed by atoms with Gasteiger partial charge in [-0.25, -0.2) is 8.42 Å². The number of carbonyl (C=O) groups excluding carboxylic acids is 1. The van der Waals surface area contributed by atoms with Crippen LogP contribution in [0.4, 0.5) is 5.69 Å². The summed E-state index contributed by atoms with van der Waals surface area (Å²) in [6.07, 6.45) is 1.69. The number of non-ortho nitro benzene ring substituents is 1. The molecule has 2 heterocycles. The summed E-state index contributed by atoms with van der Waals surface area (Å²) in [6, 6.07) is 21.5. The van der Waals surface area contributed by atoms with Crippen molar-refractivity contribution in [2.45, 2.75) is 22.9 Å². The largest absolute Gasteiger partial charge is 0.293 e. The number of rotatable bonds is 9. The first-order valence-electron chi connectivity index (χ1n) is 11.9. The number of Topliss-reactive ketones (excluding diaryl/α,β-unsaturated/α-hetero) is 1. The Kier molecular flexibility index (Phi) is 7.36. The van der Waals surface area contributed by atoms with Crippen LogP contribution >= 0.6 is 11.8 Å². The van der Waals surface area contributed by atoms with Crippen LogP contribution in [-0.4, -0.2) is 57.0 Å². The van der Waals surface area contributed by atoms with Crippen LogP contribution in [0.15, 0.2) is 88.9 Å². The summed E-state index contributed by atoms with van der Waals surface area (Å²) in [4.78, 5) is 23.6. The lowest BCUT2D eigenvalue weighted by molar-refractivity contribution is -0.384. The molecule has 0 atom stereocenters. The maximum absolute atomic E-state index is 13.2. The molecule has 0 unspecified atom stereocenters.